The van der Waals surface area contributed by atoms with Crippen LogP contribution in [0.25, 0.3) is 0 Å². The molecule has 0 aromatic heterocycles. The van der Waals surface area contributed by atoms with Gasteiger partial charge in [-0.15, -0.1) is 0 Å². The van der Waals surface area contributed by atoms with E-state index in [-0.39, 0.29) is 0 Å². The van der Waals surface area contributed by atoms with Gasteiger partial charge < -0.3 is 21.1 Å². The Labute approximate surface area is 126 Å². The number of nitrogens with two attached hydrogens (primary N) is 2. The topological polar surface area (TPSA) is 81.6 Å². The molecule has 1 aliphatic heterocycles. The molecular formula is C16H25N3O2. The molecular weight excluding hydrogens is 266 g/mol. The lowest BCUT2D eigenvalue weighted by atomic mass is 9.88. The molecule has 2 atom stereocenters. The Morgan fingerprint density at radius 2 is 2.14 bits per heavy atom. The number of methoxy groups -OCH3 is 1. The van der Waals surface area contributed by atoms with Crippen LogP contribution >= 0.6 is 0 Å². The third-order valence-corrected chi connectivity index (χ3v) is 4.21. The Bertz CT molecular complexity index is 464. The molecule has 2 rings (SSSR count). The maximum absolute atomic E-state index is 11.9. The molecule has 2 unspecified atom stereocenters. The molecule has 0 spiro atoms. The Morgan fingerprint density at radius 1 is 1.43 bits per heavy atom. The minimum absolute atomic E-state index is 0.451. The highest BCUT2D eigenvalue weighted by atomic mass is 16.5. The lowest BCUT2D eigenvalue weighted by Gasteiger charge is -2.38. The van der Waals surface area contributed by atoms with E-state index in [4.69, 9.17) is 16.2 Å². The first-order valence-electron chi connectivity index (χ1n) is 7.42. The van der Waals surface area contributed by atoms with E-state index in [1.165, 1.54) is 0 Å². The summed E-state index contributed by atoms with van der Waals surface area (Å²) in [5.74, 6) is 0.0132. The van der Waals surface area contributed by atoms with Gasteiger partial charge in [-0.25, -0.2) is 0 Å². The van der Waals surface area contributed by atoms with Crippen LogP contribution in [0.15, 0.2) is 30.3 Å². The lowest BCUT2D eigenvalue weighted by molar-refractivity contribution is -0.124. The lowest BCUT2D eigenvalue weighted by Crippen LogP contribution is -2.57. The van der Waals surface area contributed by atoms with Gasteiger partial charge in [0.1, 0.15) is 5.54 Å². The van der Waals surface area contributed by atoms with Crippen molar-refractivity contribution in [2.75, 3.05) is 33.4 Å². The number of nitrogens with zero attached hydrogens (tertiary/aromatic N) is 1. The van der Waals surface area contributed by atoms with Gasteiger partial charge in [0.2, 0.25) is 5.91 Å². The largest absolute Gasteiger partial charge is 0.384 e. The predicted octanol–water partition coefficient (Wildman–Crippen LogP) is 0.684. The van der Waals surface area contributed by atoms with Gasteiger partial charge in [-0.05, 0) is 30.9 Å². The molecule has 1 aliphatic rings. The number of likely N-dealkylation sites (tertiary alicyclic amines) is 1. The van der Waals surface area contributed by atoms with Crippen LogP contribution < -0.4 is 11.5 Å². The second-order valence-electron chi connectivity index (χ2n) is 5.90. The Balaban J connectivity index is 2.11. The number of hydrogen-bond acceptors (Lipinski definition) is 4. The number of carbonyl (C=O) groups excluding carboxylic acids is 1. The highest BCUT2D eigenvalue weighted by Gasteiger charge is 2.37. The summed E-state index contributed by atoms with van der Waals surface area (Å²) in [5.41, 5.74) is 11.6. The molecule has 21 heavy (non-hydrogen) atoms. The van der Waals surface area contributed by atoms with Crippen molar-refractivity contribution in [1.29, 1.82) is 0 Å². The van der Waals surface area contributed by atoms with Gasteiger partial charge in [-0.3, -0.25) is 4.79 Å². The van der Waals surface area contributed by atoms with Gasteiger partial charge in [-0.2, -0.15) is 0 Å². The molecule has 0 aliphatic carbocycles. The van der Waals surface area contributed by atoms with Crippen LogP contribution in [-0.4, -0.2) is 44.2 Å². The maximum atomic E-state index is 11.9. The van der Waals surface area contributed by atoms with Crippen LogP contribution in [0.1, 0.15) is 18.4 Å². The minimum Gasteiger partial charge on any atom is -0.384 e. The van der Waals surface area contributed by atoms with E-state index in [1.807, 2.05) is 30.3 Å². The van der Waals surface area contributed by atoms with Gasteiger partial charge >= 0.3 is 0 Å². The molecule has 1 saturated heterocycles. The molecule has 1 heterocycles. The van der Waals surface area contributed by atoms with Gasteiger partial charge in [0.15, 0.2) is 0 Å². The number of benzene rings is 1. The summed E-state index contributed by atoms with van der Waals surface area (Å²) >= 11 is 0. The van der Waals surface area contributed by atoms with Gasteiger partial charge in [-0.1, -0.05) is 30.3 Å². The highest BCUT2D eigenvalue weighted by molar-refractivity contribution is 5.86. The molecule has 1 aromatic carbocycles. The van der Waals surface area contributed by atoms with E-state index >= 15 is 0 Å². The van der Waals surface area contributed by atoms with Crippen molar-refractivity contribution in [3.8, 4) is 0 Å². The van der Waals surface area contributed by atoms with Crippen molar-refractivity contribution in [3.63, 3.8) is 0 Å². The van der Waals surface area contributed by atoms with Gasteiger partial charge in [0.25, 0.3) is 0 Å². The molecule has 4 N–H and O–H groups in total. The molecule has 0 radical (unpaired) electrons. The number of piperidine rings is 1. The Kier molecular flexibility index (Phi) is 5.33. The molecule has 5 heteroatoms. The smallest absolute Gasteiger partial charge is 0.243 e. The quantitative estimate of drug-likeness (QED) is 0.808. The first-order valence-corrected chi connectivity index (χ1v) is 7.42. The van der Waals surface area contributed by atoms with E-state index in [1.54, 1.807) is 7.11 Å². The monoisotopic (exact) mass is 291 g/mol. The fourth-order valence-electron chi connectivity index (χ4n) is 3.07. The van der Waals surface area contributed by atoms with Gasteiger partial charge in [0, 0.05) is 20.2 Å². The highest BCUT2D eigenvalue weighted by Crippen LogP contribution is 2.23. The second kappa shape index (κ2) is 7.02. The summed E-state index contributed by atoms with van der Waals surface area (Å²) in [6.07, 6.45) is 2.25. The summed E-state index contributed by atoms with van der Waals surface area (Å²) < 4.78 is 5.24. The first kappa shape index (κ1) is 15.9. The Hall–Kier alpha value is -1.43. The van der Waals surface area contributed by atoms with E-state index < -0.39 is 11.4 Å². The summed E-state index contributed by atoms with van der Waals surface area (Å²) in [6.45, 7) is 3.04. The fourth-order valence-corrected chi connectivity index (χ4v) is 3.07. The molecule has 0 saturated carbocycles. The number of hydrogen-bond donors (Lipinski definition) is 2. The summed E-state index contributed by atoms with van der Waals surface area (Å²) in [7, 11) is 1.72. The van der Waals surface area contributed by atoms with Crippen molar-refractivity contribution in [2.24, 2.45) is 17.4 Å². The summed E-state index contributed by atoms with van der Waals surface area (Å²) in [4.78, 5) is 14.2. The number of primary amides is 1. The van der Waals surface area contributed by atoms with E-state index in [2.05, 4.69) is 4.90 Å². The average Bonchev–Trinajstić information content (AvgIpc) is 2.48. The molecule has 1 amide bonds. The van der Waals surface area contributed by atoms with E-state index in [0.29, 0.717) is 12.5 Å². The van der Waals surface area contributed by atoms with Crippen molar-refractivity contribution in [3.05, 3.63) is 35.9 Å². The normalized spacial score (nSPS) is 22.7. The second-order valence-corrected chi connectivity index (χ2v) is 5.90. The minimum atomic E-state index is -1.14. The van der Waals surface area contributed by atoms with E-state index in [0.717, 1.165) is 38.1 Å². The zero-order valence-corrected chi connectivity index (χ0v) is 12.6. The van der Waals surface area contributed by atoms with Crippen LogP contribution in [0.4, 0.5) is 0 Å². The van der Waals surface area contributed by atoms with Crippen LogP contribution in [0.2, 0.25) is 0 Å². The average molecular weight is 291 g/mol. The zero-order valence-electron chi connectivity index (χ0n) is 12.6. The van der Waals surface area contributed by atoms with Crippen molar-refractivity contribution in [1.82, 2.24) is 4.90 Å². The number of amides is 1. The number of rotatable bonds is 6. The predicted molar refractivity (Wildman–Crippen MR) is 82.5 cm³/mol. The SMILES string of the molecule is COCC1CCCN(CC(N)(C(N)=O)c2ccccc2)C1. The molecule has 5 nitrogen and oxygen atoms in total. The number of ether oxygens (including phenoxy) is 1. The molecule has 1 fully saturated rings. The molecule has 1 aromatic rings. The molecule has 116 valence electrons. The summed E-state index contributed by atoms with van der Waals surface area (Å²) in [5, 5.41) is 0. The van der Waals surface area contributed by atoms with Crippen LogP contribution in [-0.2, 0) is 15.1 Å². The maximum Gasteiger partial charge on any atom is 0.243 e. The summed E-state index contributed by atoms with van der Waals surface area (Å²) in [6, 6.07) is 9.39. The van der Waals surface area contributed by atoms with Crippen molar-refractivity contribution in [2.45, 2.75) is 18.4 Å². The number of carbonyl (C=O) groups is 1. The molecule has 0 bridgehead atoms. The standard InChI is InChI=1S/C16H25N3O2/c1-21-11-13-6-5-9-19(10-13)12-16(18,15(17)20)14-7-3-2-4-8-14/h2-4,7-8,13H,5-6,9-12,18H2,1H3,(H2,17,20). The van der Waals surface area contributed by atoms with E-state index in [9.17, 15) is 4.79 Å². The van der Waals surface area contributed by atoms with Crippen LogP contribution in [0.3, 0.4) is 0 Å². The third kappa shape index (κ3) is 3.81. The fraction of sp³-hybridized carbons (Fsp3) is 0.562. The zero-order chi connectivity index (χ0) is 15.3. The van der Waals surface area contributed by atoms with Crippen LogP contribution in [0, 0.1) is 5.92 Å². The van der Waals surface area contributed by atoms with Gasteiger partial charge in [0.05, 0.1) is 6.61 Å². The third-order valence-electron chi connectivity index (χ3n) is 4.21. The Morgan fingerprint density at radius 3 is 2.76 bits per heavy atom. The van der Waals surface area contributed by atoms with Crippen molar-refractivity contribution >= 4 is 5.91 Å². The first-order chi connectivity index (χ1) is 10.1. The van der Waals surface area contributed by atoms with Crippen molar-refractivity contribution < 1.29 is 9.53 Å². The van der Waals surface area contributed by atoms with Crippen LogP contribution in [0.5, 0.6) is 0 Å².